The lowest BCUT2D eigenvalue weighted by Crippen LogP contribution is -2.51. The van der Waals surface area contributed by atoms with E-state index in [0.29, 0.717) is 43.1 Å². The zero-order chi connectivity index (χ0) is 31.3. The molecule has 1 fully saturated rings. The van der Waals surface area contributed by atoms with E-state index in [1.165, 1.54) is 0 Å². The van der Waals surface area contributed by atoms with Crippen molar-refractivity contribution < 1.29 is 45.9 Å². The van der Waals surface area contributed by atoms with Gasteiger partial charge < -0.3 is 19.8 Å². The van der Waals surface area contributed by atoms with Gasteiger partial charge in [-0.05, 0) is 32.2 Å². The summed E-state index contributed by atoms with van der Waals surface area (Å²) in [5, 5.41) is 9.69. The minimum atomic E-state index is -5.47. The van der Waals surface area contributed by atoms with Crippen molar-refractivity contribution in [3.05, 3.63) is 54.1 Å². The van der Waals surface area contributed by atoms with Gasteiger partial charge in [0.25, 0.3) is 11.0 Å². The first-order valence-electron chi connectivity index (χ1n) is 12.7. The number of nitrogens with zero attached hydrogens (tertiary/aromatic N) is 5. The Hall–Kier alpha value is -4.22. The molecule has 1 unspecified atom stereocenters. The summed E-state index contributed by atoms with van der Waals surface area (Å²) >= 11 is 0.652. The number of anilines is 2. The summed E-state index contributed by atoms with van der Waals surface area (Å²) < 4.78 is 70.1. The van der Waals surface area contributed by atoms with Crippen molar-refractivity contribution in [2.45, 2.75) is 25.8 Å². The number of hydrogen-bond donors (Lipinski definition) is 1. The molecule has 1 aromatic heterocycles. The summed E-state index contributed by atoms with van der Waals surface area (Å²) in [6.45, 7) is 0.847. The van der Waals surface area contributed by atoms with Crippen molar-refractivity contribution >= 4 is 39.9 Å². The van der Waals surface area contributed by atoms with Gasteiger partial charge in [-0.1, -0.05) is 41.7 Å². The molecule has 0 radical (unpaired) electrons. The number of hydroxylamine groups is 1. The number of likely N-dealkylation sites (N-methyl/N-ethyl adjacent to an activating group) is 1. The number of carbonyl (C=O) groups is 3. The Morgan fingerprint density at radius 3 is 2.33 bits per heavy atom. The summed E-state index contributed by atoms with van der Waals surface area (Å²) in [6.07, 6.45) is -5.47. The zero-order valence-electron chi connectivity index (χ0n) is 22.7. The number of halogens is 5. The quantitative estimate of drug-likeness (QED) is 0.291. The first-order chi connectivity index (χ1) is 20.3. The Morgan fingerprint density at radius 2 is 1.70 bits per heavy atom. The van der Waals surface area contributed by atoms with Gasteiger partial charge in [0, 0.05) is 37.3 Å². The number of carbonyl (C=O) groups excluding carboxylic acids is 3. The van der Waals surface area contributed by atoms with E-state index in [2.05, 4.69) is 30.0 Å². The molecule has 2 heterocycles. The van der Waals surface area contributed by atoms with Crippen LogP contribution in [0.3, 0.4) is 0 Å². The van der Waals surface area contributed by atoms with E-state index >= 15 is 0 Å². The second-order valence-electron chi connectivity index (χ2n) is 9.33. The molecular formula is C26H25F5N6O5S. The molecular weight excluding hydrogens is 603 g/mol. The van der Waals surface area contributed by atoms with Gasteiger partial charge in [0.15, 0.2) is 0 Å². The molecule has 4 rings (SSSR count). The fourth-order valence-electron chi connectivity index (χ4n) is 3.99. The highest BCUT2D eigenvalue weighted by atomic mass is 32.1. The van der Waals surface area contributed by atoms with Crippen LogP contribution in [0.25, 0.3) is 10.6 Å². The molecule has 2 aromatic carbocycles. The lowest BCUT2D eigenvalue weighted by atomic mass is 10.1. The summed E-state index contributed by atoms with van der Waals surface area (Å²) in [5.74, 6) is -5.17. The van der Waals surface area contributed by atoms with Crippen molar-refractivity contribution in [2.75, 3.05) is 43.6 Å². The van der Waals surface area contributed by atoms with E-state index < -0.39 is 53.1 Å². The Kier molecular flexibility index (Phi) is 9.87. The minimum Gasteiger partial charge on any atom is -0.433 e. The Labute approximate surface area is 245 Å². The SMILES string of the molecule is CC(C(=O)Nc1cc(C(=O)N(OC(=O)C(F)(F)F)c2nnc(-c3ccccc3)s2)ccc1OC(F)F)N1CCN(C)CC1. The van der Waals surface area contributed by atoms with Gasteiger partial charge >= 0.3 is 18.8 Å². The maximum Gasteiger partial charge on any atom is 0.493 e. The maximum absolute atomic E-state index is 13.4. The maximum atomic E-state index is 13.4. The Morgan fingerprint density at radius 1 is 1.02 bits per heavy atom. The number of nitrogens with one attached hydrogen (secondary N) is 1. The Bertz CT molecular complexity index is 1450. The predicted octanol–water partition coefficient (Wildman–Crippen LogP) is 4.05. The molecule has 1 atom stereocenters. The molecule has 0 aliphatic carbocycles. The third-order valence-electron chi connectivity index (χ3n) is 6.36. The highest BCUT2D eigenvalue weighted by molar-refractivity contribution is 7.18. The fourth-order valence-corrected chi connectivity index (χ4v) is 4.78. The standard InChI is InChI=1S/C26H25F5N6O5S/c1-15(36-12-10-35(2)11-13-36)20(38)32-18-14-17(8-9-19(18)41-24(27)28)22(39)37(42-23(40)26(29,30)31)25-34-33-21(43-25)16-6-4-3-5-7-16/h3-9,14-15,24H,10-13H2,1-2H3,(H,32,38). The summed E-state index contributed by atoms with van der Waals surface area (Å²) in [7, 11) is 1.93. The van der Waals surface area contributed by atoms with Gasteiger partial charge in [-0.3, -0.25) is 14.5 Å². The van der Waals surface area contributed by atoms with Crippen LogP contribution in [0.4, 0.5) is 32.8 Å². The topological polar surface area (TPSA) is 117 Å². The summed E-state index contributed by atoms with van der Waals surface area (Å²) in [6, 6.07) is 10.4. The highest BCUT2D eigenvalue weighted by Gasteiger charge is 2.44. The number of aromatic nitrogens is 2. The van der Waals surface area contributed by atoms with Crippen molar-refractivity contribution in [1.82, 2.24) is 20.0 Å². The van der Waals surface area contributed by atoms with Crippen LogP contribution in [0.1, 0.15) is 17.3 Å². The molecule has 230 valence electrons. The molecule has 2 amide bonds. The van der Waals surface area contributed by atoms with Gasteiger partial charge in [-0.25, -0.2) is 4.79 Å². The molecule has 3 aromatic rings. The number of amides is 2. The third kappa shape index (κ3) is 7.99. The van der Waals surface area contributed by atoms with Gasteiger partial charge in [-0.2, -0.15) is 22.0 Å². The molecule has 43 heavy (non-hydrogen) atoms. The average molecular weight is 629 g/mol. The number of hydrogen-bond acceptors (Lipinski definition) is 10. The average Bonchev–Trinajstić information content (AvgIpc) is 3.46. The van der Waals surface area contributed by atoms with Gasteiger partial charge in [0.1, 0.15) is 10.8 Å². The van der Waals surface area contributed by atoms with Crippen LogP contribution >= 0.6 is 11.3 Å². The van der Waals surface area contributed by atoms with Gasteiger partial charge in [-0.15, -0.1) is 15.3 Å². The Balaban J connectivity index is 1.65. The van der Waals surface area contributed by atoms with Crippen LogP contribution in [0, 0.1) is 0 Å². The van der Waals surface area contributed by atoms with Crippen LogP contribution < -0.4 is 15.1 Å². The lowest BCUT2D eigenvalue weighted by molar-refractivity contribution is -0.200. The van der Waals surface area contributed by atoms with E-state index in [1.54, 1.807) is 37.3 Å². The second-order valence-corrected chi connectivity index (χ2v) is 10.3. The fraction of sp³-hybridized carbons (Fsp3) is 0.346. The minimum absolute atomic E-state index is 0.00135. The normalized spacial score (nSPS) is 15.2. The highest BCUT2D eigenvalue weighted by Crippen LogP contribution is 2.33. The smallest absolute Gasteiger partial charge is 0.433 e. The molecule has 0 saturated carbocycles. The van der Waals surface area contributed by atoms with Crippen molar-refractivity contribution in [3.63, 3.8) is 0 Å². The lowest BCUT2D eigenvalue weighted by Gasteiger charge is -2.35. The molecule has 0 bridgehead atoms. The predicted molar refractivity (Wildman–Crippen MR) is 145 cm³/mol. The van der Waals surface area contributed by atoms with Crippen LogP contribution in [-0.4, -0.2) is 89.8 Å². The molecule has 1 N–H and O–H groups in total. The van der Waals surface area contributed by atoms with Crippen molar-refractivity contribution in [1.29, 1.82) is 0 Å². The first-order valence-corrected chi connectivity index (χ1v) is 13.5. The van der Waals surface area contributed by atoms with E-state index in [-0.39, 0.29) is 15.8 Å². The van der Waals surface area contributed by atoms with Crippen LogP contribution in [0.2, 0.25) is 0 Å². The largest absolute Gasteiger partial charge is 0.493 e. The molecule has 1 aliphatic rings. The van der Waals surface area contributed by atoms with Crippen LogP contribution in [0.15, 0.2) is 48.5 Å². The van der Waals surface area contributed by atoms with E-state index in [4.69, 9.17) is 0 Å². The van der Waals surface area contributed by atoms with E-state index in [1.807, 2.05) is 11.9 Å². The summed E-state index contributed by atoms with van der Waals surface area (Å²) in [5.41, 5.74) is -0.286. The zero-order valence-corrected chi connectivity index (χ0v) is 23.5. The molecule has 11 nitrogen and oxygen atoms in total. The number of piperazine rings is 1. The summed E-state index contributed by atoms with van der Waals surface area (Å²) in [4.78, 5) is 46.6. The van der Waals surface area contributed by atoms with Crippen LogP contribution in [0.5, 0.6) is 5.75 Å². The molecule has 1 aliphatic heterocycles. The first kappa shape index (κ1) is 31.7. The number of alkyl halides is 5. The van der Waals surface area contributed by atoms with Crippen molar-refractivity contribution in [2.24, 2.45) is 0 Å². The molecule has 1 saturated heterocycles. The number of ether oxygens (including phenoxy) is 1. The monoisotopic (exact) mass is 628 g/mol. The van der Waals surface area contributed by atoms with Crippen LogP contribution in [-0.2, 0) is 14.4 Å². The number of benzene rings is 2. The number of rotatable bonds is 8. The second kappa shape index (κ2) is 13.4. The van der Waals surface area contributed by atoms with E-state index in [0.717, 1.165) is 18.2 Å². The molecule has 17 heteroatoms. The molecule has 0 spiro atoms. The van der Waals surface area contributed by atoms with Gasteiger partial charge in [0.05, 0.1) is 11.7 Å². The van der Waals surface area contributed by atoms with Crippen molar-refractivity contribution in [3.8, 4) is 16.3 Å². The van der Waals surface area contributed by atoms with E-state index in [9.17, 15) is 36.3 Å². The van der Waals surface area contributed by atoms with Gasteiger partial charge in [0.2, 0.25) is 5.91 Å². The third-order valence-corrected chi connectivity index (χ3v) is 7.31.